The highest BCUT2D eigenvalue weighted by molar-refractivity contribution is 7.99. The van der Waals surface area contributed by atoms with Gasteiger partial charge >= 0.3 is 0 Å². The first-order valence-electron chi connectivity index (χ1n) is 9.69. The van der Waals surface area contributed by atoms with E-state index in [4.69, 9.17) is 4.42 Å². The van der Waals surface area contributed by atoms with Crippen molar-refractivity contribution in [2.24, 2.45) is 5.92 Å². The Labute approximate surface area is 164 Å². The lowest BCUT2D eigenvalue weighted by Crippen LogP contribution is -2.35. The van der Waals surface area contributed by atoms with Gasteiger partial charge in [0.25, 0.3) is 0 Å². The standard InChI is InChI=1S/C20H26N4O2S/c1-23(12-15-11-18(25)24(13-15)16-5-2-3-6-16)14-17-7-8-19(26-17)27-20-21-9-4-10-22-20/h4,7-10,15-16H,2-3,5-6,11-14H2,1H3/t15-/m1/s1. The Kier molecular flexibility index (Phi) is 5.78. The number of aromatic nitrogens is 2. The van der Waals surface area contributed by atoms with Gasteiger partial charge in [-0.3, -0.25) is 9.69 Å². The SMILES string of the molecule is CN(Cc1ccc(Sc2ncccn2)o1)C[C@H]1CC(=O)N(C2CCCC2)C1. The highest BCUT2D eigenvalue weighted by Crippen LogP contribution is 2.30. The fourth-order valence-electron chi connectivity index (χ4n) is 4.20. The highest BCUT2D eigenvalue weighted by Gasteiger charge is 2.35. The van der Waals surface area contributed by atoms with Crippen LogP contribution in [0.4, 0.5) is 0 Å². The van der Waals surface area contributed by atoms with E-state index in [9.17, 15) is 4.79 Å². The predicted octanol–water partition coefficient (Wildman–Crippen LogP) is 3.44. The van der Waals surface area contributed by atoms with E-state index >= 15 is 0 Å². The van der Waals surface area contributed by atoms with Gasteiger partial charge in [-0.1, -0.05) is 12.8 Å². The van der Waals surface area contributed by atoms with Crippen LogP contribution in [0.3, 0.4) is 0 Å². The summed E-state index contributed by atoms with van der Waals surface area (Å²) in [6.07, 6.45) is 9.05. The molecule has 1 atom stereocenters. The summed E-state index contributed by atoms with van der Waals surface area (Å²) in [7, 11) is 2.10. The first kappa shape index (κ1) is 18.5. The summed E-state index contributed by atoms with van der Waals surface area (Å²) in [6, 6.07) is 6.27. The van der Waals surface area contributed by atoms with Crippen molar-refractivity contribution in [3.8, 4) is 0 Å². The first-order chi connectivity index (χ1) is 13.2. The molecule has 0 spiro atoms. The van der Waals surface area contributed by atoms with Crippen LogP contribution in [0.2, 0.25) is 0 Å². The molecule has 2 aromatic heterocycles. The van der Waals surface area contributed by atoms with Gasteiger partial charge < -0.3 is 9.32 Å². The van der Waals surface area contributed by atoms with Gasteiger partial charge in [-0.2, -0.15) is 0 Å². The molecule has 2 fully saturated rings. The molecule has 2 aromatic rings. The summed E-state index contributed by atoms with van der Waals surface area (Å²) >= 11 is 1.42. The van der Waals surface area contributed by atoms with Gasteiger partial charge in [0.1, 0.15) is 5.76 Å². The molecule has 7 heteroatoms. The lowest BCUT2D eigenvalue weighted by Gasteiger charge is -2.25. The van der Waals surface area contributed by atoms with Crippen LogP contribution in [0, 0.1) is 5.92 Å². The molecule has 2 aliphatic rings. The fraction of sp³-hybridized carbons (Fsp3) is 0.550. The number of amides is 1. The lowest BCUT2D eigenvalue weighted by molar-refractivity contribution is -0.129. The number of likely N-dealkylation sites (tertiary alicyclic amines) is 1. The minimum atomic E-state index is 0.347. The monoisotopic (exact) mass is 386 g/mol. The molecule has 27 heavy (non-hydrogen) atoms. The van der Waals surface area contributed by atoms with Crippen LogP contribution in [0.25, 0.3) is 0 Å². The average molecular weight is 387 g/mol. The maximum absolute atomic E-state index is 12.4. The molecule has 6 nitrogen and oxygen atoms in total. The van der Waals surface area contributed by atoms with Crippen molar-refractivity contribution in [2.75, 3.05) is 20.1 Å². The molecule has 1 aliphatic heterocycles. The molecule has 1 saturated heterocycles. The topological polar surface area (TPSA) is 62.5 Å². The molecule has 3 heterocycles. The Balaban J connectivity index is 1.27. The Morgan fingerprint density at radius 3 is 2.81 bits per heavy atom. The number of hydrogen-bond acceptors (Lipinski definition) is 6. The van der Waals surface area contributed by atoms with Gasteiger partial charge in [0.05, 0.1) is 6.54 Å². The third-order valence-corrected chi connectivity index (χ3v) is 6.18. The molecule has 0 radical (unpaired) electrons. The normalized spacial score (nSPS) is 20.9. The smallest absolute Gasteiger partial charge is 0.223 e. The van der Waals surface area contributed by atoms with Crippen molar-refractivity contribution in [1.29, 1.82) is 0 Å². The summed E-state index contributed by atoms with van der Waals surface area (Å²) in [6.45, 7) is 2.57. The average Bonchev–Trinajstić information content (AvgIpc) is 3.38. The number of hydrogen-bond donors (Lipinski definition) is 0. The summed E-state index contributed by atoms with van der Waals surface area (Å²) < 4.78 is 5.91. The number of carbonyl (C=O) groups excluding carboxylic acids is 1. The second-order valence-corrected chi connectivity index (χ2v) is 8.58. The molecule has 144 valence electrons. The maximum atomic E-state index is 12.4. The molecule has 1 amide bonds. The molecular weight excluding hydrogens is 360 g/mol. The van der Waals surface area contributed by atoms with Crippen molar-refractivity contribution in [2.45, 2.75) is 54.9 Å². The molecule has 1 saturated carbocycles. The van der Waals surface area contributed by atoms with Gasteiger partial charge in [-0.05, 0) is 55.8 Å². The Morgan fingerprint density at radius 2 is 2.04 bits per heavy atom. The first-order valence-corrected chi connectivity index (χ1v) is 10.5. The van der Waals surface area contributed by atoms with Crippen molar-refractivity contribution < 1.29 is 9.21 Å². The molecule has 1 aliphatic carbocycles. The second kappa shape index (κ2) is 8.44. The van der Waals surface area contributed by atoms with E-state index in [0.717, 1.165) is 30.5 Å². The van der Waals surface area contributed by atoms with Crippen molar-refractivity contribution in [3.05, 3.63) is 36.4 Å². The van der Waals surface area contributed by atoms with E-state index in [1.807, 2.05) is 12.1 Å². The van der Waals surface area contributed by atoms with Crippen molar-refractivity contribution >= 4 is 17.7 Å². The molecule has 0 unspecified atom stereocenters. The van der Waals surface area contributed by atoms with E-state index in [-0.39, 0.29) is 0 Å². The van der Waals surface area contributed by atoms with E-state index in [2.05, 4.69) is 26.8 Å². The minimum Gasteiger partial charge on any atom is -0.453 e. The van der Waals surface area contributed by atoms with Crippen LogP contribution in [-0.4, -0.2) is 51.9 Å². The molecule has 0 N–H and O–H groups in total. The quantitative estimate of drug-likeness (QED) is 0.679. The lowest BCUT2D eigenvalue weighted by atomic mass is 10.1. The Morgan fingerprint density at radius 1 is 1.26 bits per heavy atom. The summed E-state index contributed by atoms with van der Waals surface area (Å²) in [5, 5.41) is 1.48. The number of rotatable bonds is 7. The van der Waals surface area contributed by atoms with Crippen LogP contribution < -0.4 is 0 Å². The van der Waals surface area contributed by atoms with Gasteiger partial charge in [-0.15, -0.1) is 0 Å². The van der Waals surface area contributed by atoms with Crippen LogP contribution in [-0.2, 0) is 11.3 Å². The number of nitrogens with zero attached hydrogens (tertiary/aromatic N) is 4. The highest BCUT2D eigenvalue weighted by atomic mass is 32.2. The van der Waals surface area contributed by atoms with E-state index in [1.54, 1.807) is 18.5 Å². The molecule has 0 aromatic carbocycles. The van der Waals surface area contributed by atoms with E-state index < -0.39 is 0 Å². The third-order valence-electron chi connectivity index (χ3n) is 5.37. The Hall–Kier alpha value is -1.86. The van der Waals surface area contributed by atoms with Gasteiger partial charge in [0, 0.05) is 37.9 Å². The summed E-state index contributed by atoms with van der Waals surface area (Å²) in [4.78, 5) is 25.2. The van der Waals surface area contributed by atoms with Crippen LogP contribution >= 0.6 is 11.8 Å². The van der Waals surface area contributed by atoms with Crippen molar-refractivity contribution in [1.82, 2.24) is 19.8 Å². The van der Waals surface area contributed by atoms with Gasteiger partial charge in [0.2, 0.25) is 5.91 Å². The van der Waals surface area contributed by atoms with Gasteiger partial charge in [-0.25, -0.2) is 9.97 Å². The van der Waals surface area contributed by atoms with E-state index in [1.165, 1.54) is 37.4 Å². The van der Waals surface area contributed by atoms with Crippen molar-refractivity contribution in [3.63, 3.8) is 0 Å². The van der Waals surface area contributed by atoms with Crippen LogP contribution in [0.1, 0.15) is 37.9 Å². The fourth-order valence-corrected chi connectivity index (χ4v) is 4.89. The third kappa shape index (κ3) is 4.71. The van der Waals surface area contributed by atoms with Gasteiger partial charge in [0.15, 0.2) is 10.2 Å². The Bertz CT molecular complexity index is 760. The zero-order valence-electron chi connectivity index (χ0n) is 15.7. The molecule has 4 rings (SSSR count). The summed E-state index contributed by atoms with van der Waals surface area (Å²) in [5.41, 5.74) is 0. The van der Waals surface area contributed by atoms with Crippen LogP contribution in [0.15, 0.2) is 45.3 Å². The second-order valence-electron chi connectivity index (χ2n) is 7.61. The number of carbonyl (C=O) groups is 1. The largest absolute Gasteiger partial charge is 0.453 e. The molecular formula is C20H26N4O2S. The zero-order valence-corrected chi connectivity index (χ0v) is 16.5. The van der Waals surface area contributed by atoms with E-state index in [0.29, 0.717) is 29.4 Å². The number of furan rings is 1. The predicted molar refractivity (Wildman–Crippen MR) is 103 cm³/mol. The van der Waals surface area contributed by atoms with Crippen LogP contribution in [0.5, 0.6) is 0 Å². The minimum absolute atomic E-state index is 0.347. The summed E-state index contributed by atoms with van der Waals surface area (Å²) in [5.74, 6) is 1.69. The molecule has 0 bridgehead atoms. The maximum Gasteiger partial charge on any atom is 0.223 e. The zero-order chi connectivity index (χ0) is 18.6.